The van der Waals surface area contributed by atoms with E-state index < -0.39 is 28.6 Å². The van der Waals surface area contributed by atoms with Crippen molar-refractivity contribution in [2.45, 2.75) is 64.2 Å². The van der Waals surface area contributed by atoms with E-state index in [4.69, 9.17) is 15.2 Å². The van der Waals surface area contributed by atoms with E-state index in [1.54, 1.807) is 33.1 Å². The SMILES string of the molecule is COc1cc(C(=O)NC[C@H](C2=CC3=C(OC[C@]3(C)C(N)=O)C(C)(c3cccc(C(F)(F)F)c3C)N2)C2CC2)cc2cn(C3CC3)nc12. The lowest BCUT2D eigenvalue weighted by Crippen LogP contribution is -2.48. The highest BCUT2D eigenvalue weighted by atomic mass is 19.4. The fraction of sp³-hybridized carbons (Fsp3) is 0.457. The van der Waals surface area contributed by atoms with Crippen LogP contribution < -0.4 is 21.1 Å². The molecule has 47 heavy (non-hydrogen) atoms. The number of dihydropyridines is 1. The number of nitrogens with one attached hydrogen (secondary N) is 2. The van der Waals surface area contributed by atoms with Gasteiger partial charge in [-0.2, -0.15) is 18.3 Å². The van der Waals surface area contributed by atoms with Crippen LogP contribution in [-0.4, -0.2) is 41.9 Å². The summed E-state index contributed by atoms with van der Waals surface area (Å²) in [5, 5.41) is 12.1. The van der Waals surface area contributed by atoms with Gasteiger partial charge in [-0.05, 0) is 87.8 Å². The molecule has 2 aliphatic carbocycles. The number of methoxy groups -OCH3 is 1. The van der Waals surface area contributed by atoms with E-state index in [1.807, 2.05) is 23.0 Å². The number of halogens is 3. The Labute approximate surface area is 270 Å². The molecule has 0 radical (unpaired) electrons. The van der Waals surface area contributed by atoms with Crippen molar-refractivity contribution in [1.29, 1.82) is 0 Å². The fourth-order valence-electron chi connectivity index (χ4n) is 7.14. The Morgan fingerprint density at radius 2 is 1.96 bits per heavy atom. The smallest absolute Gasteiger partial charge is 0.416 e. The van der Waals surface area contributed by atoms with Gasteiger partial charge in [0.2, 0.25) is 5.91 Å². The Hall–Kier alpha value is -4.48. The maximum absolute atomic E-state index is 14.0. The number of nitrogens with two attached hydrogens (primary N) is 1. The van der Waals surface area contributed by atoms with Gasteiger partial charge in [-0.25, -0.2) is 0 Å². The first kappa shape index (κ1) is 31.1. The molecule has 4 aliphatic rings. The lowest BCUT2D eigenvalue weighted by molar-refractivity contribution is -0.138. The van der Waals surface area contributed by atoms with Crippen molar-refractivity contribution in [2.24, 2.45) is 23.0 Å². The standard InChI is InChI=1S/C35H38F3N5O4/c1-18-24(6-5-7-25(18)35(36,37)38)34(3)30-26(33(2,17-47-30)32(39)45)14-27(41-34)23(19-8-9-19)15-40-31(44)20-12-21-16-43(22-10-11-22)42-29(21)28(13-20)46-4/h5-7,12-14,16,19,22-23,41H,8-11,15,17H2,1-4H3,(H2,39,45)(H,40,44)/t23-,33-,34?/m0/s1. The molecule has 1 unspecified atom stereocenters. The molecule has 9 nitrogen and oxygen atoms in total. The number of ether oxygens (including phenoxy) is 2. The number of carbonyl (C=O) groups excluding carboxylic acids is 2. The molecule has 3 atom stereocenters. The second-order valence-electron chi connectivity index (χ2n) is 13.7. The number of allylic oxidation sites excluding steroid dienone is 1. The van der Waals surface area contributed by atoms with E-state index in [-0.39, 0.29) is 36.5 Å². The predicted molar refractivity (Wildman–Crippen MR) is 168 cm³/mol. The van der Waals surface area contributed by atoms with Gasteiger partial charge in [-0.1, -0.05) is 12.1 Å². The summed E-state index contributed by atoms with van der Waals surface area (Å²) in [5.74, 6) is 0.0259. The van der Waals surface area contributed by atoms with Crippen LogP contribution >= 0.6 is 0 Å². The van der Waals surface area contributed by atoms with E-state index >= 15 is 0 Å². The number of carbonyl (C=O) groups is 2. The van der Waals surface area contributed by atoms with E-state index in [1.165, 1.54) is 13.0 Å². The maximum Gasteiger partial charge on any atom is 0.416 e. The number of aromatic nitrogens is 2. The van der Waals surface area contributed by atoms with Gasteiger partial charge in [-0.3, -0.25) is 14.3 Å². The van der Waals surface area contributed by atoms with Gasteiger partial charge < -0.3 is 25.8 Å². The number of rotatable bonds is 9. The van der Waals surface area contributed by atoms with Crippen molar-refractivity contribution in [1.82, 2.24) is 20.4 Å². The highest BCUT2D eigenvalue weighted by Crippen LogP contribution is 2.52. The van der Waals surface area contributed by atoms with Crippen LogP contribution in [0.15, 0.2) is 59.6 Å². The van der Waals surface area contributed by atoms with E-state index in [2.05, 4.69) is 15.7 Å². The monoisotopic (exact) mass is 649 g/mol. The molecule has 7 rings (SSSR count). The molecule has 2 aliphatic heterocycles. The molecule has 248 valence electrons. The Morgan fingerprint density at radius 1 is 1.21 bits per heavy atom. The van der Waals surface area contributed by atoms with Gasteiger partial charge in [0.1, 0.15) is 34.6 Å². The molecule has 3 heterocycles. The molecule has 4 N–H and O–H groups in total. The minimum atomic E-state index is -4.55. The summed E-state index contributed by atoms with van der Waals surface area (Å²) in [6.07, 6.45) is 3.24. The Balaban J connectivity index is 1.23. The third-order valence-electron chi connectivity index (χ3n) is 10.3. The van der Waals surface area contributed by atoms with Crippen molar-refractivity contribution < 1.29 is 32.2 Å². The summed E-state index contributed by atoms with van der Waals surface area (Å²) < 4.78 is 55.7. The van der Waals surface area contributed by atoms with Gasteiger partial charge in [0.25, 0.3) is 5.91 Å². The highest BCUT2D eigenvalue weighted by molar-refractivity contribution is 6.00. The van der Waals surface area contributed by atoms with E-state index in [9.17, 15) is 22.8 Å². The summed E-state index contributed by atoms with van der Waals surface area (Å²) >= 11 is 0. The van der Waals surface area contributed by atoms with Crippen LogP contribution in [0.3, 0.4) is 0 Å². The molecule has 0 bridgehead atoms. The lowest BCUT2D eigenvalue weighted by Gasteiger charge is -2.41. The second-order valence-corrected chi connectivity index (χ2v) is 13.7. The summed E-state index contributed by atoms with van der Waals surface area (Å²) in [6, 6.07) is 7.97. The molecule has 2 aromatic carbocycles. The number of nitrogens with zero attached hydrogens (tertiary/aromatic N) is 2. The topological polar surface area (TPSA) is 121 Å². The lowest BCUT2D eigenvalue weighted by atomic mass is 9.74. The number of primary amides is 1. The van der Waals surface area contributed by atoms with Gasteiger partial charge in [0.05, 0.1) is 18.7 Å². The molecular formula is C35H38F3N5O4. The number of hydrogen-bond acceptors (Lipinski definition) is 6. The van der Waals surface area contributed by atoms with Crippen LogP contribution in [0.1, 0.15) is 72.6 Å². The number of amides is 2. The quantitative estimate of drug-likeness (QED) is 0.276. The van der Waals surface area contributed by atoms with Gasteiger partial charge >= 0.3 is 6.18 Å². The number of fused-ring (bicyclic) bond motifs is 1. The average molecular weight is 650 g/mol. The zero-order chi connectivity index (χ0) is 33.5. The highest BCUT2D eigenvalue weighted by Gasteiger charge is 2.53. The molecule has 1 aromatic heterocycles. The summed E-state index contributed by atoms with van der Waals surface area (Å²) in [6.45, 7) is 5.15. The second kappa shape index (κ2) is 10.8. The first-order chi connectivity index (χ1) is 22.2. The van der Waals surface area contributed by atoms with Crippen molar-refractivity contribution in [3.05, 3.63) is 81.9 Å². The minimum absolute atomic E-state index is 0.0292. The normalized spacial score (nSPS) is 24.7. The summed E-state index contributed by atoms with van der Waals surface area (Å²) in [4.78, 5) is 26.4. The minimum Gasteiger partial charge on any atom is -0.494 e. The molecule has 2 fully saturated rings. The van der Waals surface area contributed by atoms with E-state index in [0.29, 0.717) is 45.5 Å². The molecule has 2 amide bonds. The fourth-order valence-corrected chi connectivity index (χ4v) is 7.14. The van der Waals surface area contributed by atoms with Crippen molar-refractivity contribution in [2.75, 3.05) is 20.3 Å². The number of alkyl halides is 3. The largest absolute Gasteiger partial charge is 0.494 e. The van der Waals surface area contributed by atoms with Crippen LogP contribution in [-0.2, 0) is 21.2 Å². The molecular weight excluding hydrogens is 611 g/mol. The summed E-state index contributed by atoms with van der Waals surface area (Å²) in [5.41, 5.74) is 5.55. The van der Waals surface area contributed by atoms with Gasteiger partial charge in [0, 0.05) is 40.9 Å². The van der Waals surface area contributed by atoms with Gasteiger partial charge in [-0.15, -0.1) is 0 Å². The molecule has 3 aromatic rings. The Kier molecular flexibility index (Phi) is 7.14. The zero-order valence-corrected chi connectivity index (χ0v) is 26.8. The van der Waals surface area contributed by atoms with Crippen LogP contribution in [0.5, 0.6) is 5.75 Å². The van der Waals surface area contributed by atoms with Crippen molar-refractivity contribution in [3.8, 4) is 5.75 Å². The van der Waals surface area contributed by atoms with Crippen LogP contribution in [0, 0.1) is 24.2 Å². The molecule has 0 saturated heterocycles. The molecule has 0 spiro atoms. The van der Waals surface area contributed by atoms with Crippen molar-refractivity contribution >= 4 is 22.7 Å². The molecule has 12 heteroatoms. The third kappa shape index (κ3) is 5.21. The molecule has 2 saturated carbocycles. The van der Waals surface area contributed by atoms with Crippen LogP contribution in [0.2, 0.25) is 0 Å². The Bertz CT molecular complexity index is 1870. The zero-order valence-electron chi connectivity index (χ0n) is 26.8. The third-order valence-corrected chi connectivity index (χ3v) is 10.3. The first-order valence-electron chi connectivity index (χ1n) is 15.9. The summed E-state index contributed by atoms with van der Waals surface area (Å²) in [7, 11) is 1.55. The average Bonchev–Trinajstić information content (AvgIpc) is 3.96. The van der Waals surface area contributed by atoms with Crippen LogP contribution in [0.25, 0.3) is 10.9 Å². The Morgan fingerprint density at radius 3 is 2.60 bits per heavy atom. The van der Waals surface area contributed by atoms with Crippen LogP contribution in [0.4, 0.5) is 13.2 Å². The predicted octanol–water partition coefficient (Wildman–Crippen LogP) is 5.64. The number of benzene rings is 2. The first-order valence-corrected chi connectivity index (χ1v) is 15.9. The van der Waals surface area contributed by atoms with Crippen molar-refractivity contribution in [3.63, 3.8) is 0 Å². The van der Waals surface area contributed by atoms with E-state index in [0.717, 1.165) is 37.1 Å². The maximum atomic E-state index is 14.0. The number of hydrogen-bond donors (Lipinski definition) is 3. The van der Waals surface area contributed by atoms with Gasteiger partial charge in [0.15, 0.2) is 0 Å².